The van der Waals surface area contributed by atoms with Gasteiger partial charge in [0.25, 0.3) is 0 Å². The topological polar surface area (TPSA) is 12.0 Å². The summed E-state index contributed by atoms with van der Waals surface area (Å²) in [5.74, 6) is 0. The average molecular weight is 215 g/mol. The fraction of sp³-hybridized carbons (Fsp3) is 1.00. The van der Waals surface area contributed by atoms with E-state index in [0.29, 0.717) is 17.5 Å². The molecule has 2 heteroatoms. The molecule has 0 aliphatic heterocycles. The van der Waals surface area contributed by atoms with Crippen molar-refractivity contribution in [1.82, 2.24) is 5.32 Å². The molecule has 2 unspecified atom stereocenters. The van der Waals surface area contributed by atoms with E-state index >= 15 is 0 Å². The van der Waals surface area contributed by atoms with Crippen molar-refractivity contribution in [1.29, 1.82) is 0 Å². The maximum atomic E-state index is 12.6. The molecular formula is C13H26FN. The van der Waals surface area contributed by atoms with E-state index in [1.54, 1.807) is 6.92 Å². The second kappa shape index (κ2) is 5.29. The summed E-state index contributed by atoms with van der Waals surface area (Å²) in [6.07, 6.45) is 4.89. The predicted molar refractivity (Wildman–Crippen MR) is 63.8 cm³/mol. The first kappa shape index (κ1) is 13.0. The van der Waals surface area contributed by atoms with Crippen LogP contribution in [0.5, 0.6) is 0 Å². The maximum Gasteiger partial charge on any atom is 0.0973 e. The number of halogens is 1. The number of nitrogens with one attached hydrogen (secondary N) is 1. The third-order valence-corrected chi connectivity index (χ3v) is 3.49. The molecule has 0 heterocycles. The number of hydrogen-bond donors (Lipinski definition) is 1. The van der Waals surface area contributed by atoms with Crippen LogP contribution in [-0.2, 0) is 0 Å². The zero-order valence-corrected chi connectivity index (χ0v) is 10.6. The van der Waals surface area contributed by atoms with Crippen LogP contribution < -0.4 is 5.32 Å². The molecule has 0 amide bonds. The van der Waals surface area contributed by atoms with Crippen molar-refractivity contribution in [2.24, 2.45) is 5.41 Å². The summed E-state index contributed by atoms with van der Waals surface area (Å²) in [5, 5.41) is 3.58. The van der Waals surface area contributed by atoms with Gasteiger partial charge in [-0.3, -0.25) is 0 Å². The summed E-state index contributed by atoms with van der Waals surface area (Å²) in [6, 6.07) is 1.29. The van der Waals surface area contributed by atoms with Gasteiger partial charge in [-0.15, -0.1) is 0 Å². The summed E-state index contributed by atoms with van der Waals surface area (Å²) in [7, 11) is 0. The molecule has 90 valence electrons. The molecule has 1 aliphatic rings. The normalized spacial score (nSPS) is 32.0. The van der Waals surface area contributed by atoms with Gasteiger partial charge in [0.15, 0.2) is 0 Å². The van der Waals surface area contributed by atoms with Gasteiger partial charge in [-0.1, -0.05) is 33.6 Å². The summed E-state index contributed by atoms with van der Waals surface area (Å²) in [6.45, 7) is 8.40. The van der Waals surface area contributed by atoms with Gasteiger partial charge in [0, 0.05) is 12.1 Å². The lowest BCUT2D eigenvalue weighted by molar-refractivity contribution is 0.322. The van der Waals surface area contributed by atoms with Crippen molar-refractivity contribution in [2.75, 3.05) is 0 Å². The Balaban J connectivity index is 2.07. The zero-order valence-electron chi connectivity index (χ0n) is 10.6. The second-order valence-electron chi connectivity index (χ2n) is 5.76. The maximum absolute atomic E-state index is 12.6. The average Bonchev–Trinajstić information content (AvgIpc) is 2.70. The van der Waals surface area contributed by atoms with Crippen LogP contribution in [0.25, 0.3) is 0 Å². The SMILES string of the molecule is CC(C)NC1CC1(C)CCCC[C@H](C)F. The quantitative estimate of drug-likeness (QED) is 0.639. The lowest BCUT2D eigenvalue weighted by atomic mass is 9.99. The van der Waals surface area contributed by atoms with Crippen LogP contribution >= 0.6 is 0 Å². The molecule has 1 rings (SSSR count). The minimum absolute atomic E-state index is 0.504. The fourth-order valence-electron chi connectivity index (χ4n) is 2.30. The van der Waals surface area contributed by atoms with E-state index in [4.69, 9.17) is 0 Å². The first-order valence-electron chi connectivity index (χ1n) is 6.34. The Morgan fingerprint density at radius 2 is 2.00 bits per heavy atom. The van der Waals surface area contributed by atoms with Crippen LogP contribution in [0.4, 0.5) is 4.39 Å². The highest BCUT2D eigenvalue weighted by Gasteiger charge is 2.48. The Morgan fingerprint density at radius 1 is 1.33 bits per heavy atom. The summed E-state index contributed by atoms with van der Waals surface area (Å²) >= 11 is 0. The molecule has 0 bridgehead atoms. The van der Waals surface area contributed by atoms with Gasteiger partial charge in [-0.2, -0.15) is 0 Å². The van der Waals surface area contributed by atoms with Crippen LogP contribution in [0.2, 0.25) is 0 Å². The smallest absolute Gasteiger partial charge is 0.0973 e. The van der Waals surface area contributed by atoms with Gasteiger partial charge in [0.1, 0.15) is 0 Å². The Hall–Kier alpha value is -0.110. The van der Waals surface area contributed by atoms with Crippen molar-refractivity contribution in [3.8, 4) is 0 Å². The molecule has 1 N–H and O–H groups in total. The van der Waals surface area contributed by atoms with Gasteiger partial charge in [-0.25, -0.2) is 4.39 Å². The highest BCUT2D eigenvalue weighted by molar-refractivity contribution is 5.04. The third kappa shape index (κ3) is 4.50. The minimum Gasteiger partial charge on any atom is -0.311 e. The number of hydrogen-bond acceptors (Lipinski definition) is 1. The number of rotatable bonds is 7. The second-order valence-corrected chi connectivity index (χ2v) is 5.76. The molecular weight excluding hydrogens is 189 g/mol. The molecule has 1 nitrogen and oxygen atoms in total. The highest BCUT2D eigenvalue weighted by atomic mass is 19.1. The van der Waals surface area contributed by atoms with E-state index in [1.807, 2.05) is 0 Å². The van der Waals surface area contributed by atoms with E-state index < -0.39 is 6.17 Å². The van der Waals surface area contributed by atoms with E-state index in [-0.39, 0.29) is 0 Å². The summed E-state index contributed by atoms with van der Waals surface area (Å²) in [4.78, 5) is 0. The molecule has 0 saturated heterocycles. The number of unbranched alkanes of at least 4 members (excludes halogenated alkanes) is 1. The van der Waals surface area contributed by atoms with Crippen LogP contribution in [-0.4, -0.2) is 18.3 Å². The van der Waals surface area contributed by atoms with Gasteiger partial charge in [0.2, 0.25) is 0 Å². The van der Waals surface area contributed by atoms with Crippen LogP contribution in [0.1, 0.15) is 59.8 Å². The molecule has 3 atom stereocenters. The molecule has 0 aromatic rings. The first-order valence-corrected chi connectivity index (χ1v) is 6.34. The summed E-state index contributed by atoms with van der Waals surface area (Å²) in [5.41, 5.74) is 0.504. The molecule has 15 heavy (non-hydrogen) atoms. The zero-order chi connectivity index (χ0) is 11.5. The monoisotopic (exact) mass is 215 g/mol. The van der Waals surface area contributed by atoms with Crippen molar-refractivity contribution in [3.05, 3.63) is 0 Å². The molecule has 1 aliphatic carbocycles. The van der Waals surface area contributed by atoms with Crippen molar-refractivity contribution in [2.45, 2.75) is 78.1 Å². The molecule has 0 aromatic carbocycles. The Bertz CT molecular complexity index is 191. The van der Waals surface area contributed by atoms with Crippen molar-refractivity contribution < 1.29 is 4.39 Å². The van der Waals surface area contributed by atoms with Gasteiger partial charge in [0.05, 0.1) is 6.17 Å². The van der Waals surface area contributed by atoms with E-state index in [0.717, 1.165) is 12.8 Å². The van der Waals surface area contributed by atoms with Crippen molar-refractivity contribution in [3.63, 3.8) is 0 Å². The van der Waals surface area contributed by atoms with Gasteiger partial charge < -0.3 is 5.32 Å². The van der Waals surface area contributed by atoms with Crippen molar-refractivity contribution >= 4 is 0 Å². The largest absolute Gasteiger partial charge is 0.311 e. The van der Waals surface area contributed by atoms with Gasteiger partial charge in [-0.05, 0) is 31.6 Å². The van der Waals surface area contributed by atoms with E-state index in [2.05, 4.69) is 26.1 Å². The Labute approximate surface area is 93.8 Å². The molecule has 0 radical (unpaired) electrons. The number of alkyl halides is 1. The molecule has 1 fully saturated rings. The standard InChI is InChI=1S/C13H26FN/c1-10(2)15-12-9-13(12,4)8-6-5-7-11(3)14/h10-12,15H,5-9H2,1-4H3/t11-,12?,13?/m0/s1. The Morgan fingerprint density at radius 3 is 2.53 bits per heavy atom. The lowest BCUT2D eigenvalue weighted by Crippen LogP contribution is -2.28. The molecule has 1 saturated carbocycles. The van der Waals surface area contributed by atoms with Crippen LogP contribution in [0, 0.1) is 5.41 Å². The highest BCUT2D eigenvalue weighted by Crippen LogP contribution is 2.49. The van der Waals surface area contributed by atoms with E-state index in [9.17, 15) is 4.39 Å². The minimum atomic E-state index is -0.624. The lowest BCUT2D eigenvalue weighted by Gasteiger charge is -2.14. The summed E-state index contributed by atoms with van der Waals surface area (Å²) < 4.78 is 12.6. The van der Waals surface area contributed by atoms with Crippen LogP contribution in [0.3, 0.4) is 0 Å². The third-order valence-electron chi connectivity index (χ3n) is 3.49. The molecule has 0 spiro atoms. The van der Waals surface area contributed by atoms with Crippen LogP contribution in [0.15, 0.2) is 0 Å². The predicted octanol–water partition coefficient (Wildman–Crippen LogP) is 3.68. The fourth-order valence-corrected chi connectivity index (χ4v) is 2.30. The first-order chi connectivity index (χ1) is 6.94. The van der Waals surface area contributed by atoms with Gasteiger partial charge >= 0.3 is 0 Å². The molecule has 0 aromatic heterocycles. The van der Waals surface area contributed by atoms with E-state index in [1.165, 1.54) is 19.3 Å². The Kier molecular flexibility index (Phi) is 4.57.